The van der Waals surface area contributed by atoms with E-state index < -0.39 is 5.82 Å². The van der Waals surface area contributed by atoms with Crippen LogP contribution in [-0.2, 0) is 0 Å². The van der Waals surface area contributed by atoms with Gasteiger partial charge < -0.3 is 11.1 Å². The Labute approximate surface area is 125 Å². The maximum Gasteiger partial charge on any atom is 0.251 e. The van der Waals surface area contributed by atoms with Crippen molar-refractivity contribution in [1.82, 2.24) is 10.2 Å². The van der Waals surface area contributed by atoms with Crippen LogP contribution in [0.25, 0.3) is 0 Å². The van der Waals surface area contributed by atoms with E-state index in [1.807, 2.05) is 0 Å². The highest BCUT2D eigenvalue weighted by Crippen LogP contribution is 2.17. The van der Waals surface area contributed by atoms with Crippen molar-refractivity contribution in [2.24, 2.45) is 5.92 Å². The third-order valence-corrected chi connectivity index (χ3v) is 4.11. The van der Waals surface area contributed by atoms with Crippen molar-refractivity contribution in [3.63, 3.8) is 0 Å². The van der Waals surface area contributed by atoms with Gasteiger partial charge in [0.25, 0.3) is 5.91 Å². The fraction of sp³-hybridized carbons (Fsp3) is 0.562. The molecule has 2 rings (SSSR count). The van der Waals surface area contributed by atoms with Crippen LogP contribution in [0.15, 0.2) is 18.2 Å². The molecule has 5 heteroatoms. The molecule has 1 unspecified atom stereocenters. The van der Waals surface area contributed by atoms with E-state index in [-0.39, 0.29) is 11.6 Å². The minimum absolute atomic E-state index is 0.0590. The topological polar surface area (TPSA) is 58.4 Å². The number of benzene rings is 1. The fourth-order valence-electron chi connectivity index (χ4n) is 2.83. The number of nitrogens with one attached hydrogen (secondary N) is 1. The summed E-state index contributed by atoms with van der Waals surface area (Å²) in [7, 11) is 0. The molecule has 1 saturated heterocycles. The van der Waals surface area contributed by atoms with Gasteiger partial charge in [-0.3, -0.25) is 9.69 Å². The average molecular weight is 293 g/mol. The van der Waals surface area contributed by atoms with Crippen LogP contribution in [0.2, 0.25) is 0 Å². The number of anilines is 1. The summed E-state index contributed by atoms with van der Waals surface area (Å²) in [6.45, 7) is 7.10. The van der Waals surface area contributed by atoms with E-state index in [9.17, 15) is 9.18 Å². The monoisotopic (exact) mass is 293 g/mol. The highest BCUT2D eigenvalue weighted by atomic mass is 19.1. The summed E-state index contributed by atoms with van der Waals surface area (Å²) in [5.74, 6) is -0.340. The molecule has 1 aromatic carbocycles. The molecule has 0 radical (unpaired) electrons. The summed E-state index contributed by atoms with van der Waals surface area (Å²) in [4.78, 5) is 14.5. The molecule has 1 aromatic rings. The zero-order valence-corrected chi connectivity index (χ0v) is 12.7. The quantitative estimate of drug-likeness (QED) is 0.819. The molecule has 116 valence electrons. The average Bonchev–Trinajstić information content (AvgIpc) is 2.95. The van der Waals surface area contributed by atoms with Gasteiger partial charge in [-0.25, -0.2) is 4.39 Å². The number of likely N-dealkylation sites (tertiary alicyclic amines) is 1. The first-order chi connectivity index (χ1) is 9.99. The van der Waals surface area contributed by atoms with Gasteiger partial charge in [0.1, 0.15) is 5.82 Å². The van der Waals surface area contributed by atoms with Crippen molar-refractivity contribution < 1.29 is 9.18 Å². The summed E-state index contributed by atoms with van der Waals surface area (Å²) >= 11 is 0. The van der Waals surface area contributed by atoms with Crippen LogP contribution >= 0.6 is 0 Å². The van der Waals surface area contributed by atoms with Crippen LogP contribution in [0.3, 0.4) is 0 Å². The van der Waals surface area contributed by atoms with Gasteiger partial charge in [0, 0.05) is 18.2 Å². The Morgan fingerprint density at radius 2 is 2.05 bits per heavy atom. The summed E-state index contributed by atoms with van der Waals surface area (Å²) in [6, 6.07) is 4.49. The van der Waals surface area contributed by atoms with Gasteiger partial charge >= 0.3 is 0 Å². The second kappa shape index (κ2) is 6.89. The first kappa shape index (κ1) is 15.8. The maximum atomic E-state index is 13.4. The van der Waals surface area contributed by atoms with Crippen molar-refractivity contribution in [1.29, 1.82) is 0 Å². The van der Waals surface area contributed by atoms with Gasteiger partial charge in [0.05, 0.1) is 5.69 Å². The number of hydrogen-bond acceptors (Lipinski definition) is 3. The minimum Gasteiger partial charge on any atom is -0.396 e. The Bertz CT molecular complexity index is 498. The van der Waals surface area contributed by atoms with Crippen molar-refractivity contribution in [2.45, 2.75) is 32.7 Å². The van der Waals surface area contributed by atoms with Crippen LogP contribution in [0.5, 0.6) is 0 Å². The van der Waals surface area contributed by atoms with Crippen molar-refractivity contribution in [3.05, 3.63) is 29.6 Å². The first-order valence-corrected chi connectivity index (χ1v) is 7.56. The molecule has 1 fully saturated rings. The third-order valence-electron chi connectivity index (χ3n) is 4.11. The molecule has 1 aliphatic heterocycles. The normalized spacial score (nSPS) is 17.1. The standard InChI is InChI=1S/C16H24FN3O/c1-11(2)15(20-7-3-4-8-20)10-19-16(21)12-5-6-14(18)13(17)9-12/h5-6,9,11,15H,3-4,7-8,10,18H2,1-2H3,(H,19,21). The number of nitrogen functional groups attached to an aromatic ring is 1. The van der Waals surface area contributed by atoms with E-state index in [1.165, 1.54) is 25.0 Å². The predicted octanol–water partition coefficient (Wildman–Crippen LogP) is 2.26. The highest BCUT2D eigenvalue weighted by Gasteiger charge is 2.25. The van der Waals surface area contributed by atoms with Crippen LogP contribution < -0.4 is 11.1 Å². The first-order valence-electron chi connectivity index (χ1n) is 7.56. The number of nitrogens with two attached hydrogens (primary N) is 1. The number of carbonyl (C=O) groups is 1. The molecule has 1 aliphatic rings. The van der Waals surface area contributed by atoms with Gasteiger partial charge in [0.2, 0.25) is 0 Å². The van der Waals surface area contributed by atoms with E-state index in [0.29, 0.717) is 24.1 Å². The smallest absolute Gasteiger partial charge is 0.251 e. The lowest BCUT2D eigenvalue weighted by Crippen LogP contribution is -2.45. The number of halogens is 1. The summed E-state index contributed by atoms with van der Waals surface area (Å²) in [5.41, 5.74) is 5.79. The number of hydrogen-bond donors (Lipinski definition) is 2. The van der Waals surface area contributed by atoms with Gasteiger partial charge in [-0.05, 0) is 50.0 Å². The lowest BCUT2D eigenvalue weighted by Gasteiger charge is -2.31. The SMILES string of the molecule is CC(C)C(CNC(=O)c1ccc(N)c(F)c1)N1CCCC1. The van der Waals surface area contributed by atoms with Crippen LogP contribution in [-0.4, -0.2) is 36.5 Å². The van der Waals surface area contributed by atoms with E-state index in [0.717, 1.165) is 13.1 Å². The molecule has 4 nitrogen and oxygen atoms in total. The summed E-state index contributed by atoms with van der Waals surface area (Å²) in [6.07, 6.45) is 2.45. The molecule has 1 heterocycles. The van der Waals surface area contributed by atoms with E-state index in [1.54, 1.807) is 6.07 Å². The largest absolute Gasteiger partial charge is 0.396 e. The number of nitrogens with zero attached hydrogens (tertiary/aromatic N) is 1. The Morgan fingerprint density at radius 3 is 2.62 bits per heavy atom. The van der Waals surface area contributed by atoms with Crippen LogP contribution in [0.1, 0.15) is 37.0 Å². The van der Waals surface area contributed by atoms with Crippen molar-refractivity contribution in [3.8, 4) is 0 Å². The fourth-order valence-corrected chi connectivity index (χ4v) is 2.83. The molecule has 1 atom stereocenters. The second-order valence-electron chi connectivity index (χ2n) is 6.00. The van der Waals surface area contributed by atoms with E-state index in [4.69, 9.17) is 5.73 Å². The number of carbonyl (C=O) groups excluding carboxylic acids is 1. The number of rotatable bonds is 5. The molecule has 0 bridgehead atoms. The minimum atomic E-state index is -0.553. The van der Waals surface area contributed by atoms with Crippen molar-refractivity contribution >= 4 is 11.6 Å². The van der Waals surface area contributed by atoms with Gasteiger partial charge in [-0.1, -0.05) is 13.8 Å². The molecule has 1 amide bonds. The van der Waals surface area contributed by atoms with Crippen LogP contribution in [0.4, 0.5) is 10.1 Å². The molecule has 0 aromatic heterocycles. The lowest BCUT2D eigenvalue weighted by molar-refractivity contribution is 0.0927. The van der Waals surface area contributed by atoms with Crippen molar-refractivity contribution in [2.75, 3.05) is 25.4 Å². The third kappa shape index (κ3) is 3.94. The zero-order chi connectivity index (χ0) is 15.4. The predicted molar refractivity (Wildman–Crippen MR) is 82.6 cm³/mol. The summed E-state index contributed by atoms with van der Waals surface area (Å²) < 4.78 is 13.4. The van der Waals surface area contributed by atoms with Gasteiger partial charge in [-0.2, -0.15) is 0 Å². The van der Waals surface area contributed by atoms with E-state index in [2.05, 4.69) is 24.1 Å². The maximum absolute atomic E-state index is 13.4. The lowest BCUT2D eigenvalue weighted by atomic mass is 10.0. The molecular formula is C16H24FN3O. The molecule has 0 spiro atoms. The molecule has 0 aliphatic carbocycles. The number of amides is 1. The molecular weight excluding hydrogens is 269 g/mol. The Balaban J connectivity index is 1.96. The zero-order valence-electron chi connectivity index (χ0n) is 12.7. The Hall–Kier alpha value is -1.62. The van der Waals surface area contributed by atoms with Gasteiger partial charge in [-0.15, -0.1) is 0 Å². The highest BCUT2D eigenvalue weighted by molar-refractivity contribution is 5.94. The van der Waals surface area contributed by atoms with E-state index >= 15 is 0 Å². The van der Waals surface area contributed by atoms with Crippen LogP contribution in [0, 0.1) is 11.7 Å². The second-order valence-corrected chi connectivity index (χ2v) is 6.00. The molecule has 3 N–H and O–H groups in total. The molecule has 21 heavy (non-hydrogen) atoms. The Kier molecular flexibility index (Phi) is 5.17. The molecule has 0 saturated carbocycles. The summed E-state index contributed by atoms with van der Waals surface area (Å²) in [5, 5.41) is 2.92. The van der Waals surface area contributed by atoms with Gasteiger partial charge in [0.15, 0.2) is 0 Å². The Morgan fingerprint density at radius 1 is 1.38 bits per heavy atom.